The van der Waals surface area contributed by atoms with Gasteiger partial charge >= 0.3 is 0 Å². The van der Waals surface area contributed by atoms with Crippen LogP contribution < -0.4 is 15.9 Å². The fourth-order valence-corrected chi connectivity index (χ4v) is 6.79. The summed E-state index contributed by atoms with van der Waals surface area (Å²) in [5, 5.41) is 4.37. The molecule has 1 heterocycles. The molecule has 0 radical (unpaired) electrons. The number of alkyl halides is 1. The summed E-state index contributed by atoms with van der Waals surface area (Å²) in [6.07, 6.45) is 6.00. The van der Waals surface area contributed by atoms with Crippen molar-refractivity contribution in [1.29, 1.82) is 0 Å². The summed E-state index contributed by atoms with van der Waals surface area (Å²) in [4.78, 5) is 14.2. The van der Waals surface area contributed by atoms with Crippen molar-refractivity contribution in [2.24, 2.45) is 28.6 Å². The Labute approximate surface area is 255 Å². The first-order chi connectivity index (χ1) is 20.5. The number of rotatable bonds is 11. The summed E-state index contributed by atoms with van der Waals surface area (Å²) in [7, 11) is -3.76. The number of allylic oxidation sites excluding steroid dienone is 4. The van der Waals surface area contributed by atoms with Crippen LogP contribution in [0.25, 0.3) is 0 Å². The molecule has 1 saturated carbocycles. The Balaban J connectivity index is 1.47. The number of aldehydes is 1. The van der Waals surface area contributed by atoms with E-state index < -0.39 is 22.5 Å². The minimum atomic E-state index is -3.76. The van der Waals surface area contributed by atoms with Gasteiger partial charge in [-0.15, -0.1) is 0 Å². The molecule has 2 fully saturated rings. The van der Waals surface area contributed by atoms with Crippen LogP contribution in [0.3, 0.4) is 0 Å². The van der Waals surface area contributed by atoms with E-state index in [1.165, 1.54) is 10.5 Å². The highest BCUT2D eigenvalue weighted by atomic mass is 32.2. The van der Waals surface area contributed by atoms with E-state index in [0.717, 1.165) is 22.5 Å². The first-order valence-corrected chi connectivity index (χ1v) is 16.4. The number of piperazine rings is 1. The number of halogens is 1. The number of hydrazone groups is 1. The second-order valence-corrected chi connectivity index (χ2v) is 13.7. The molecule has 0 spiro atoms. The van der Waals surface area contributed by atoms with Gasteiger partial charge in [-0.1, -0.05) is 39.0 Å². The SMILES string of the molecule is Cc1cccc(N/N=C\C(=C(/C=O)OC2CC(F)CC[C@@H]2C)N2CCN(S(=O)(=O)NCC3=CC(C)C(C)C(N)=C3)CC2)c1. The zero-order valence-corrected chi connectivity index (χ0v) is 26.3. The molecule has 1 aliphatic heterocycles. The Hall–Kier alpha value is -3.22. The van der Waals surface area contributed by atoms with Gasteiger partial charge in [0.1, 0.15) is 18.0 Å². The molecular weight excluding hydrogens is 571 g/mol. The number of nitrogens with zero attached hydrogens (tertiary/aromatic N) is 3. The summed E-state index contributed by atoms with van der Waals surface area (Å²) in [6.45, 7) is 9.25. The maximum Gasteiger partial charge on any atom is 0.279 e. The predicted molar refractivity (Wildman–Crippen MR) is 168 cm³/mol. The zero-order chi connectivity index (χ0) is 31.1. The fraction of sp³-hybridized carbons (Fsp3) is 0.548. The van der Waals surface area contributed by atoms with Crippen molar-refractivity contribution in [3.05, 3.63) is 64.7 Å². The average molecular weight is 617 g/mol. The smallest absolute Gasteiger partial charge is 0.279 e. The summed E-state index contributed by atoms with van der Waals surface area (Å²) in [6, 6.07) is 7.70. The van der Waals surface area contributed by atoms with E-state index in [-0.39, 0.29) is 49.6 Å². The molecule has 236 valence electrons. The van der Waals surface area contributed by atoms with Crippen molar-refractivity contribution in [2.75, 3.05) is 38.1 Å². The molecule has 43 heavy (non-hydrogen) atoms. The molecule has 4 unspecified atom stereocenters. The molecule has 1 saturated heterocycles. The molecule has 2 aliphatic carbocycles. The van der Waals surface area contributed by atoms with Crippen LogP contribution in [0.5, 0.6) is 0 Å². The number of anilines is 1. The van der Waals surface area contributed by atoms with Gasteiger partial charge < -0.3 is 15.4 Å². The molecular formula is C31H45FN6O4S. The molecule has 12 heteroatoms. The van der Waals surface area contributed by atoms with Crippen LogP contribution in [0.4, 0.5) is 10.1 Å². The monoisotopic (exact) mass is 616 g/mol. The number of carbonyl (C=O) groups excluding carboxylic acids is 1. The van der Waals surface area contributed by atoms with Crippen molar-refractivity contribution in [2.45, 2.75) is 59.2 Å². The summed E-state index contributed by atoms with van der Waals surface area (Å²) >= 11 is 0. The highest BCUT2D eigenvalue weighted by Gasteiger charge is 2.32. The Morgan fingerprint density at radius 2 is 1.93 bits per heavy atom. The van der Waals surface area contributed by atoms with E-state index in [4.69, 9.17) is 10.5 Å². The number of hydrogen-bond acceptors (Lipinski definition) is 8. The highest BCUT2D eigenvalue weighted by Crippen LogP contribution is 2.31. The van der Waals surface area contributed by atoms with Crippen molar-refractivity contribution in [1.82, 2.24) is 13.9 Å². The van der Waals surface area contributed by atoms with Crippen LogP contribution in [-0.4, -0.2) is 75.1 Å². The van der Waals surface area contributed by atoms with Gasteiger partial charge in [-0.2, -0.15) is 22.5 Å². The third-order valence-electron chi connectivity index (χ3n) is 8.62. The Kier molecular flexibility index (Phi) is 11.0. The summed E-state index contributed by atoms with van der Waals surface area (Å²) in [5.74, 6) is 0.592. The minimum absolute atomic E-state index is 0.0622. The molecule has 4 rings (SSSR count). The normalized spacial score (nSPS) is 27.7. The lowest BCUT2D eigenvalue weighted by atomic mass is 9.86. The maximum atomic E-state index is 14.2. The van der Waals surface area contributed by atoms with Crippen molar-refractivity contribution in [3.63, 3.8) is 0 Å². The third kappa shape index (κ3) is 8.67. The van der Waals surface area contributed by atoms with E-state index in [1.54, 1.807) is 0 Å². The number of nitrogens with two attached hydrogens (primary N) is 1. The van der Waals surface area contributed by atoms with E-state index in [9.17, 15) is 17.6 Å². The largest absolute Gasteiger partial charge is 0.484 e. The first-order valence-electron chi connectivity index (χ1n) is 15.0. The van der Waals surface area contributed by atoms with Crippen LogP contribution in [0.2, 0.25) is 0 Å². The molecule has 1 aromatic rings. The second-order valence-electron chi connectivity index (χ2n) is 11.9. The van der Waals surface area contributed by atoms with Gasteiger partial charge in [0.05, 0.1) is 11.9 Å². The number of hydrogen-bond donors (Lipinski definition) is 3. The van der Waals surface area contributed by atoms with Crippen molar-refractivity contribution >= 4 is 28.4 Å². The third-order valence-corrected chi connectivity index (χ3v) is 10.2. The van der Waals surface area contributed by atoms with Gasteiger partial charge in [-0.3, -0.25) is 10.2 Å². The molecule has 1 aromatic carbocycles. The maximum absolute atomic E-state index is 14.2. The quantitative estimate of drug-likeness (QED) is 0.113. The number of carbonyl (C=O) groups is 1. The molecule has 3 aliphatic rings. The lowest BCUT2D eigenvalue weighted by molar-refractivity contribution is -0.110. The molecule has 0 aromatic heterocycles. The zero-order valence-electron chi connectivity index (χ0n) is 25.5. The van der Waals surface area contributed by atoms with Gasteiger partial charge in [0.25, 0.3) is 10.2 Å². The van der Waals surface area contributed by atoms with Crippen molar-refractivity contribution < 1.29 is 22.3 Å². The van der Waals surface area contributed by atoms with E-state index in [2.05, 4.69) is 22.2 Å². The standard InChI is InChI=1S/C31H45FN6O4S/c1-21-6-5-7-27(14-21)36-34-19-29(31(20-39)42-30-17-26(32)9-8-22(30)2)37-10-12-38(13-11-37)43(40,41)35-18-25-15-23(3)24(4)28(33)16-25/h5-7,14-16,19-20,22-24,26,30,35-36H,8-13,17-18,33H2,1-4H3/b31-29-,34-19-/t22-,23?,24?,26?,30?/m0/s1. The van der Waals surface area contributed by atoms with Gasteiger partial charge in [0.15, 0.2) is 12.0 Å². The minimum Gasteiger partial charge on any atom is -0.484 e. The lowest BCUT2D eigenvalue weighted by Crippen LogP contribution is -2.52. The topological polar surface area (TPSA) is 129 Å². The summed E-state index contributed by atoms with van der Waals surface area (Å²) in [5.41, 5.74) is 13.0. The van der Waals surface area contributed by atoms with E-state index >= 15 is 0 Å². The highest BCUT2D eigenvalue weighted by molar-refractivity contribution is 7.87. The van der Waals surface area contributed by atoms with Crippen LogP contribution in [0, 0.1) is 24.7 Å². The lowest BCUT2D eigenvalue weighted by Gasteiger charge is -2.37. The fourth-order valence-electron chi connectivity index (χ4n) is 5.62. The van der Waals surface area contributed by atoms with Crippen LogP contribution >= 0.6 is 0 Å². The van der Waals surface area contributed by atoms with Crippen LogP contribution in [-0.2, 0) is 19.7 Å². The van der Waals surface area contributed by atoms with E-state index in [0.29, 0.717) is 37.9 Å². The Bertz CT molecular complexity index is 1370. The number of nitrogens with one attached hydrogen (secondary N) is 2. The first kappa shape index (κ1) is 32.7. The Morgan fingerprint density at radius 3 is 2.60 bits per heavy atom. The molecule has 5 atom stereocenters. The van der Waals surface area contributed by atoms with Gasteiger partial charge in [0, 0.05) is 50.8 Å². The molecule has 0 bridgehead atoms. The molecule has 4 N–H and O–H groups in total. The van der Waals surface area contributed by atoms with Gasteiger partial charge in [-0.25, -0.2) is 4.39 Å². The molecule has 0 amide bonds. The van der Waals surface area contributed by atoms with Gasteiger partial charge in [0.2, 0.25) is 0 Å². The number of ether oxygens (including phenoxy) is 1. The predicted octanol–water partition coefficient (Wildman–Crippen LogP) is 3.85. The Morgan fingerprint density at radius 1 is 1.19 bits per heavy atom. The average Bonchev–Trinajstić information content (AvgIpc) is 2.98. The number of aryl methyl sites for hydroxylation is 1. The van der Waals surface area contributed by atoms with Gasteiger partial charge in [-0.05, 0) is 60.9 Å². The van der Waals surface area contributed by atoms with Crippen LogP contribution in [0.1, 0.15) is 45.6 Å². The summed E-state index contributed by atoms with van der Waals surface area (Å²) < 4.78 is 50.8. The van der Waals surface area contributed by atoms with Crippen molar-refractivity contribution in [3.8, 4) is 0 Å². The van der Waals surface area contributed by atoms with E-state index in [1.807, 2.05) is 62.1 Å². The second kappa shape index (κ2) is 14.5. The van der Waals surface area contributed by atoms with Crippen LogP contribution in [0.15, 0.2) is 64.2 Å². The number of benzene rings is 1. The molecule has 10 nitrogen and oxygen atoms in total.